The van der Waals surface area contributed by atoms with E-state index < -0.39 is 0 Å². The van der Waals surface area contributed by atoms with Crippen LogP contribution in [0.15, 0.2) is 6.33 Å². The van der Waals surface area contributed by atoms with Crippen molar-refractivity contribution in [1.82, 2.24) is 20.1 Å². The lowest BCUT2D eigenvalue weighted by Gasteiger charge is -2.09. The molecule has 0 aliphatic carbocycles. The standard InChI is InChI=1S/C11H21BrN4/c1-10(2)8-16-11(14-9-15-16)7-13-6-4-3-5-12/h9-10,13H,3-8H2,1-2H3. The van der Waals surface area contributed by atoms with Crippen molar-refractivity contribution in [3.8, 4) is 0 Å². The smallest absolute Gasteiger partial charge is 0.140 e. The van der Waals surface area contributed by atoms with Gasteiger partial charge in [0.05, 0.1) is 6.54 Å². The van der Waals surface area contributed by atoms with Gasteiger partial charge in [-0.1, -0.05) is 29.8 Å². The summed E-state index contributed by atoms with van der Waals surface area (Å²) in [5.74, 6) is 1.64. The number of aromatic nitrogens is 3. The van der Waals surface area contributed by atoms with E-state index in [1.807, 2.05) is 4.68 Å². The van der Waals surface area contributed by atoms with Crippen LogP contribution in [0.3, 0.4) is 0 Å². The zero-order chi connectivity index (χ0) is 11.8. The predicted molar refractivity (Wildman–Crippen MR) is 69.6 cm³/mol. The van der Waals surface area contributed by atoms with E-state index in [9.17, 15) is 0 Å². The molecule has 1 aromatic heterocycles. The molecule has 1 N–H and O–H groups in total. The predicted octanol–water partition coefficient (Wildman–Crippen LogP) is 2.20. The molecule has 0 saturated heterocycles. The third kappa shape index (κ3) is 5.07. The van der Waals surface area contributed by atoms with Crippen LogP contribution >= 0.6 is 15.9 Å². The molecule has 0 atom stereocenters. The van der Waals surface area contributed by atoms with Crippen LogP contribution in [0, 0.1) is 5.92 Å². The molecule has 0 aliphatic rings. The van der Waals surface area contributed by atoms with Gasteiger partial charge in [0, 0.05) is 11.9 Å². The molecule has 1 heterocycles. The van der Waals surface area contributed by atoms with Gasteiger partial charge in [0.2, 0.25) is 0 Å². The van der Waals surface area contributed by atoms with Gasteiger partial charge < -0.3 is 5.32 Å². The molecule has 0 bridgehead atoms. The van der Waals surface area contributed by atoms with Gasteiger partial charge in [-0.25, -0.2) is 9.67 Å². The van der Waals surface area contributed by atoms with Crippen LogP contribution in [0.1, 0.15) is 32.5 Å². The van der Waals surface area contributed by atoms with Crippen molar-refractivity contribution in [2.75, 3.05) is 11.9 Å². The number of hydrogen-bond acceptors (Lipinski definition) is 3. The second-order valence-electron chi connectivity index (χ2n) is 4.33. The summed E-state index contributed by atoms with van der Waals surface area (Å²) >= 11 is 3.42. The monoisotopic (exact) mass is 288 g/mol. The molecule has 0 spiro atoms. The zero-order valence-electron chi connectivity index (χ0n) is 10.1. The van der Waals surface area contributed by atoms with Crippen LogP contribution in [0.5, 0.6) is 0 Å². The lowest BCUT2D eigenvalue weighted by Crippen LogP contribution is -2.20. The van der Waals surface area contributed by atoms with Gasteiger partial charge in [-0.15, -0.1) is 0 Å². The highest BCUT2D eigenvalue weighted by molar-refractivity contribution is 9.09. The van der Waals surface area contributed by atoms with E-state index in [4.69, 9.17) is 0 Å². The minimum Gasteiger partial charge on any atom is -0.310 e. The average molecular weight is 289 g/mol. The fourth-order valence-corrected chi connectivity index (χ4v) is 1.86. The normalized spacial score (nSPS) is 11.2. The van der Waals surface area contributed by atoms with Crippen molar-refractivity contribution in [3.05, 3.63) is 12.2 Å². The van der Waals surface area contributed by atoms with Crippen LogP contribution in [0.25, 0.3) is 0 Å². The largest absolute Gasteiger partial charge is 0.310 e. The average Bonchev–Trinajstić information content (AvgIpc) is 2.64. The summed E-state index contributed by atoms with van der Waals surface area (Å²) < 4.78 is 1.99. The number of unbranched alkanes of at least 4 members (excludes halogenated alkanes) is 1. The van der Waals surface area contributed by atoms with E-state index in [2.05, 4.69) is 45.2 Å². The zero-order valence-corrected chi connectivity index (χ0v) is 11.7. The molecular weight excluding hydrogens is 268 g/mol. The van der Waals surface area contributed by atoms with E-state index >= 15 is 0 Å². The first-order chi connectivity index (χ1) is 7.74. The van der Waals surface area contributed by atoms with Gasteiger partial charge in [0.15, 0.2) is 0 Å². The number of hydrogen-bond donors (Lipinski definition) is 1. The lowest BCUT2D eigenvalue weighted by molar-refractivity contribution is 0.457. The first-order valence-corrected chi connectivity index (χ1v) is 6.99. The maximum atomic E-state index is 4.27. The molecule has 5 heteroatoms. The Labute approximate surface area is 106 Å². The van der Waals surface area contributed by atoms with Gasteiger partial charge in [-0.05, 0) is 25.3 Å². The second-order valence-corrected chi connectivity index (χ2v) is 5.12. The van der Waals surface area contributed by atoms with Gasteiger partial charge in [-0.2, -0.15) is 5.10 Å². The summed E-state index contributed by atoms with van der Waals surface area (Å²) in [7, 11) is 0. The highest BCUT2D eigenvalue weighted by Gasteiger charge is 2.04. The Kier molecular flexibility index (Phi) is 6.64. The van der Waals surface area contributed by atoms with Gasteiger partial charge >= 0.3 is 0 Å². The Bertz CT molecular complexity index is 285. The lowest BCUT2D eigenvalue weighted by atomic mass is 10.2. The quantitative estimate of drug-likeness (QED) is 0.589. The Morgan fingerprint density at radius 3 is 2.94 bits per heavy atom. The third-order valence-corrected chi connectivity index (χ3v) is 2.81. The molecule has 0 aliphatic heterocycles. The molecule has 0 unspecified atom stereocenters. The number of rotatable bonds is 8. The summed E-state index contributed by atoms with van der Waals surface area (Å²) in [6.45, 7) is 7.18. The molecule has 0 fully saturated rings. The van der Waals surface area contributed by atoms with E-state index in [1.54, 1.807) is 6.33 Å². The van der Waals surface area contributed by atoms with E-state index in [1.165, 1.54) is 12.8 Å². The van der Waals surface area contributed by atoms with Crippen molar-refractivity contribution in [2.24, 2.45) is 5.92 Å². The molecule has 92 valence electrons. The Hall–Kier alpha value is -0.420. The van der Waals surface area contributed by atoms with Crippen LogP contribution in [-0.4, -0.2) is 26.6 Å². The first-order valence-electron chi connectivity index (χ1n) is 5.87. The van der Waals surface area contributed by atoms with Crippen LogP contribution in [-0.2, 0) is 13.1 Å². The highest BCUT2D eigenvalue weighted by Crippen LogP contribution is 2.01. The fraction of sp³-hybridized carbons (Fsp3) is 0.818. The summed E-state index contributed by atoms with van der Waals surface area (Å²) in [5.41, 5.74) is 0. The van der Waals surface area contributed by atoms with E-state index in [0.29, 0.717) is 5.92 Å². The van der Waals surface area contributed by atoms with Gasteiger partial charge in [0.25, 0.3) is 0 Å². The van der Waals surface area contributed by atoms with Crippen molar-refractivity contribution < 1.29 is 0 Å². The van der Waals surface area contributed by atoms with E-state index in [-0.39, 0.29) is 0 Å². The van der Waals surface area contributed by atoms with Crippen molar-refractivity contribution in [3.63, 3.8) is 0 Å². The van der Waals surface area contributed by atoms with Crippen LogP contribution in [0.4, 0.5) is 0 Å². The molecule has 0 aromatic carbocycles. The third-order valence-electron chi connectivity index (χ3n) is 2.25. The molecule has 16 heavy (non-hydrogen) atoms. The molecular formula is C11H21BrN4. The Morgan fingerprint density at radius 1 is 1.44 bits per heavy atom. The highest BCUT2D eigenvalue weighted by atomic mass is 79.9. The van der Waals surface area contributed by atoms with Crippen molar-refractivity contribution >= 4 is 15.9 Å². The Morgan fingerprint density at radius 2 is 2.25 bits per heavy atom. The summed E-state index contributed by atoms with van der Waals surface area (Å²) in [6.07, 6.45) is 4.05. The maximum Gasteiger partial charge on any atom is 0.140 e. The molecule has 1 aromatic rings. The second kappa shape index (κ2) is 7.79. The molecule has 0 radical (unpaired) electrons. The summed E-state index contributed by atoms with van der Waals surface area (Å²) in [5, 5.41) is 8.70. The maximum absolute atomic E-state index is 4.27. The van der Waals surface area contributed by atoms with E-state index in [0.717, 1.165) is 30.8 Å². The minimum absolute atomic E-state index is 0.605. The number of nitrogens with zero attached hydrogens (tertiary/aromatic N) is 3. The van der Waals surface area contributed by atoms with Gasteiger partial charge in [0.1, 0.15) is 12.2 Å². The Balaban J connectivity index is 2.27. The minimum atomic E-state index is 0.605. The molecule has 0 amide bonds. The molecule has 0 saturated carbocycles. The SMILES string of the molecule is CC(C)Cn1ncnc1CNCCCCBr. The van der Waals surface area contributed by atoms with Crippen molar-refractivity contribution in [2.45, 2.75) is 39.8 Å². The summed E-state index contributed by atoms with van der Waals surface area (Å²) in [6, 6.07) is 0. The number of halogens is 1. The topological polar surface area (TPSA) is 42.7 Å². The number of nitrogens with one attached hydrogen (secondary N) is 1. The van der Waals surface area contributed by atoms with Gasteiger partial charge in [-0.3, -0.25) is 0 Å². The van der Waals surface area contributed by atoms with Crippen molar-refractivity contribution in [1.29, 1.82) is 0 Å². The molecule has 4 nitrogen and oxygen atoms in total. The first kappa shape index (κ1) is 13.6. The molecule has 1 rings (SSSR count). The summed E-state index contributed by atoms with van der Waals surface area (Å²) in [4.78, 5) is 4.27. The number of alkyl halides is 1. The van der Waals surface area contributed by atoms with Crippen LogP contribution in [0.2, 0.25) is 0 Å². The fourth-order valence-electron chi connectivity index (χ4n) is 1.47. The van der Waals surface area contributed by atoms with Crippen LogP contribution < -0.4 is 5.32 Å².